The minimum atomic E-state index is 0.394. The minimum Gasteiger partial charge on any atom is -0.486 e. The maximum absolute atomic E-state index is 5.74. The van der Waals surface area contributed by atoms with Crippen LogP contribution in [0.15, 0.2) is 18.2 Å². The topological polar surface area (TPSA) is 65.3 Å². The Hall–Kier alpha value is -2.15. The lowest BCUT2D eigenvalue weighted by molar-refractivity contribution is 0.170. The van der Waals surface area contributed by atoms with Gasteiger partial charge in [-0.2, -0.15) is 0 Å². The van der Waals surface area contributed by atoms with Crippen LogP contribution in [0.3, 0.4) is 0 Å². The third-order valence-corrected chi connectivity index (χ3v) is 5.11. The predicted molar refractivity (Wildman–Crippen MR) is 85.9 cm³/mol. The molecule has 0 radical (unpaired) electrons. The Morgan fingerprint density at radius 3 is 2.83 bits per heavy atom. The van der Waals surface area contributed by atoms with Gasteiger partial charge in [0.05, 0.1) is 12.6 Å². The monoisotopic (exact) mass is 327 g/mol. The number of aromatic nitrogens is 4. The molecule has 0 unspecified atom stereocenters. The summed E-state index contributed by atoms with van der Waals surface area (Å²) in [6.45, 7) is 3.14. The molecule has 7 heteroatoms. The Kier molecular flexibility index (Phi) is 3.40. The molecule has 0 amide bonds. The first-order valence-corrected chi connectivity index (χ1v) is 8.79. The molecule has 1 saturated carbocycles. The quantitative estimate of drug-likeness (QED) is 0.857. The number of ether oxygens (including phenoxy) is 2. The molecule has 1 aromatic carbocycles. The molecule has 0 N–H and O–H groups in total. The van der Waals surface area contributed by atoms with Crippen LogP contribution in [-0.4, -0.2) is 44.9 Å². The molecule has 1 atom stereocenters. The fourth-order valence-electron chi connectivity index (χ4n) is 3.76. The van der Waals surface area contributed by atoms with Crippen LogP contribution in [0, 0.1) is 0 Å². The van der Waals surface area contributed by atoms with Crippen molar-refractivity contribution in [3.05, 3.63) is 29.6 Å². The fourth-order valence-corrected chi connectivity index (χ4v) is 3.76. The molecule has 1 aliphatic carbocycles. The molecule has 2 fully saturated rings. The second kappa shape index (κ2) is 5.73. The number of fused-ring (bicyclic) bond motifs is 1. The molecule has 3 heterocycles. The van der Waals surface area contributed by atoms with E-state index in [0.29, 0.717) is 25.3 Å². The standard InChI is InChI=1S/C17H21N5O2/c1-2-14(12-3-6-15-16(10-12)24-9-8-23-15)21(7-1)11-17-18-19-20-22(17)13-4-5-13/h3,6,10,13-14H,1-2,4-5,7-9,11H2/t14-/m0/s1. The van der Waals surface area contributed by atoms with Crippen molar-refractivity contribution in [2.45, 2.75) is 44.3 Å². The number of rotatable bonds is 4. The van der Waals surface area contributed by atoms with Gasteiger partial charge in [-0.3, -0.25) is 4.90 Å². The zero-order chi connectivity index (χ0) is 15.9. The average Bonchev–Trinajstić information content (AvgIpc) is 3.18. The van der Waals surface area contributed by atoms with E-state index in [9.17, 15) is 0 Å². The largest absolute Gasteiger partial charge is 0.486 e. The van der Waals surface area contributed by atoms with E-state index in [-0.39, 0.29) is 0 Å². The Labute approximate surface area is 140 Å². The highest BCUT2D eigenvalue weighted by molar-refractivity contribution is 5.44. The molecule has 3 aliphatic rings. The molecule has 126 valence electrons. The molecule has 2 aliphatic heterocycles. The van der Waals surface area contributed by atoms with Gasteiger partial charge in [0.2, 0.25) is 0 Å². The minimum absolute atomic E-state index is 0.394. The fraction of sp³-hybridized carbons (Fsp3) is 0.588. The summed E-state index contributed by atoms with van der Waals surface area (Å²) in [4.78, 5) is 2.48. The van der Waals surface area contributed by atoms with Gasteiger partial charge in [-0.25, -0.2) is 4.68 Å². The lowest BCUT2D eigenvalue weighted by Crippen LogP contribution is -2.25. The van der Waals surface area contributed by atoms with Crippen LogP contribution < -0.4 is 9.47 Å². The van der Waals surface area contributed by atoms with Crippen molar-refractivity contribution in [2.24, 2.45) is 0 Å². The zero-order valence-corrected chi connectivity index (χ0v) is 13.6. The number of benzene rings is 1. The summed E-state index contributed by atoms with van der Waals surface area (Å²) in [6.07, 6.45) is 4.75. The first-order chi connectivity index (χ1) is 11.9. The maximum atomic E-state index is 5.74. The van der Waals surface area contributed by atoms with E-state index in [0.717, 1.165) is 36.8 Å². The summed E-state index contributed by atoms with van der Waals surface area (Å²) in [5, 5.41) is 12.3. The zero-order valence-electron chi connectivity index (χ0n) is 13.6. The van der Waals surface area contributed by atoms with Crippen molar-refractivity contribution in [3.63, 3.8) is 0 Å². The molecule has 0 bridgehead atoms. The molecular formula is C17H21N5O2. The first kappa shape index (κ1) is 14.2. The van der Waals surface area contributed by atoms with Crippen molar-refractivity contribution in [3.8, 4) is 11.5 Å². The summed E-state index contributed by atoms with van der Waals surface area (Å²) >= 11 is 0. The molecule has 1 saturated heterocycles. The number of tetrazole rings is 1. The van der Waals surface area contributed by atoms with E-state index in [1.54, 1.807) is 0 Å². The van der Waals surface area contributed by atoms with Crippen LogP contribution in [0.2, 0.25) is 0 Å². The third kappa shape index (κ3) is 2.53. The van der Waals surface area contributed by atoms with Crippen LogP contribution in [0.1, 0.15) is 49.2 Å². The van der Waals surface area contributed by atoms with Gasteiger partial charge in [0.15, 0.2) is 17.3 Å². The SMILES string of the molecule is c1cc2c(cc1[C@@H]1CCCN1Cc1nnnn1C1CC1)OCCO2. The van der Waals surface area contributed by atoms with Crippen molar-refractivity contribution in [2.75, 3.05) is 19.8 Å². The number of hydrogen-bond acceptors (Lipinski definition) is 6. The molecular weight excluding hydrogens is 306 g/mol. The molecule has 7 nitrogen and oxygen atoms in total. The lowest BCUT2D eigenvalue weighted by atomic mass is 10.0. The second-order valence-electron chi connectivity index (χ2n) is 6.80. The van der Waals surface area contributed by atoms with E-state index in [4.69, 9.17) is 9.47 Å². The van der Waals surface area contributed by atoms with Gasteiger partial charge < -0.3 is 9.47 Å². The third-order valence-electron chi connectivity index (χ3n) is 5.11. The van der Waals surface area contributed by atoms with Gasteiger partial charge >= 0.3 is 0 Å². The van der Waals surface area contributed by atoms with E-state index in [1.807, 2.05) is 10.7 Å². The van der Waals surface area contributed by atoms with Crippen molar-refractivity contribution >= 4 is 0 Å². The van der Waals surface area contributed by atoms with Crippen LogP contribution in [0.5, 0.6) is 11.5 Å². The molecule has 0 spiro atoms. The summed E-state index contributed by atoms with van der Waals surface area (Å²) in [5.74, 6) is 2.71. The van der Waals surface area contributed by atoms with Crippen molar-refractivity contribution in [1.82, 2.24) is 25.1 Å². The lowest BCUT2D eigenvalue weighted by Gasteiger charge is -2.26. The Morgan fingerprint density at radius 2 is 1.96 bits per heavy atom. The summed E-state index contributed by atoms with van der Waals surface area (Å²) in [5.41, 5.74) is 1.29. The highest BCUT2D eigenvalue weighted by Gasteiger charge is 2.32. The number of hydrogen-bond donors (Lipinski definition) is 0. The first-order valence-electron chi connectivity index (χ1n) is 8.79. The summed E-state index contributed by atoms with van der Waals surface area (Å²) in [6, 6.07) is 7.26. The van der Waals surface area contributed by atoms with Gasteiger partial charge in [0.1, 0.15) is 13.2 Å². The van der Waals surface area contributed by atoms with E-state index in [1.165, 1.54) is 24.8 Å². The number of likely N-dealkylation sites (tertiary alicyclic amines) is 1. The van der Waals surface area contributed by atoms with Crippen molar-refractivity contribution in [1.29, 1.82) is 0 Å². The molecule has 5 rings (SSSR count). The van der Waals surface area contributed by atoms with Crippen LogP contribution in [0.4, 0.5) is 0 Å². The summed E-state index contributed by atoms with van der Waals surface area (Å²) in [7, 11) is 0. The molecule has 1 aromatic heterocycles. The molecule has 24 heavy (non-hydrogen) atoms. The Bertz CT molecular complexity index is 742. The van der Waals surface area contributed by atoms with Crippen LogP contribution >= 0.6 is 0 Å². The normalized spacial score (nSPS) is 23.6. The van der Waals surface area contributed by atoms with Crippen LogP contribution in [0.25, 0.3) is 0 Å². The van der Waals surface area contributed by atoms with Gasteiger partial charge in [-0.15, -0.1) is 5.10 Å². The highest BCUT2D eigenvalue weighted by Crippen LogP contribution is 2.39. The average molecular weight is 327 g/mol. The number of nitrogens with zero attached hydrogens (tertiary/aromatic N) is 5. The van der Waals surface area contributed by atoms with Crippen molar-refractivity contribution < 1.29 is 9.47 Å². The maximum Gasteiger partial charge on any atom is 0.165 e. The second-order valence-corrected chi connectivity index (χ2v) is 6.80. The summed E-state index contributed by atoms with van der Waals surface area (Å²) < 4.78 is 13.4. The smallest absolute Gasteiger partial charge is 0.165 e. The van der Waals surface area contributed by atoms with E-state index in [2.05, 4.69) is 32.6 Å². The van der Waals surface area contributed by atoms with Crippen LogP contribution in [-0.2, 0) is 6.54 Å². The van der Waals surface area contributed by atoms with E-state index < -0.39 is 0 Å². The Morgan fingerprint density at radius 1 is 1.08 bits per heavy atom. The molecule has 2 aromatic rings. The van der Waals surface area contributed by atoms with Gasteiger partial charge in [0.25, 0.3) is 0 Å². The van der Waals surface area contributed by atoms with Gasteiger partial charge in [-0.1, -0.05) is 6.07 Å². The predicted octanol–water partition coefficient (Wildman–Crippen LogP) is 2.12. The highest BCUT2D eigenvalue weighted by atomic mass is 16.6. The Balaban J connectivity index is 1.38. The van der Waals surface area contributed by atoms with Gasteiger partial charge in [-0.05, 0) is 60.4 Å². The van der Waals surface area contributed by atoms with Gasteiger partial charge in [0, 0.05) is 6.04 Å². The van der Waals surface area contributed by atoms with E-state index >= 15 is 0 Å².